The third-order valence-corrected chi connectivity index (χ3v) is 13.3. The Bertz CT molecular complexity index is 1290. The second-order valence-corrected chi connectivity index (χ2v) is 20.0. The average Bonchev–Trinajstić information content (AvgIpc) is 3.29. The summed E-state index contributed by atoms with van der Waals surface area (Å²) in [4.78, 5) is 13.2. The molecule has 0 aliphatic carbocycles. The summed E-state index contributed by atoms with van der Waals surface area (Å²) in [7, 11) is -5.11. The molecule has 0 bridgehead atoms. The number of nitrogens with one attached hydrogen (secondary N) is 1. The van der Waals surface area contributed by atoms with Crippen molar-refractivity contribution in [2.45, 2.75) is 288 Å². The van der Waals surface area contributed by atoms with Gasteiger partial charge in [-0.3, -0.25) is 9.35 Å². The van der Waals surface area contributed by atoms with Gasteiger partial charge < -0.3 is 40.3 Å². The van der Waals surface area contributed by atoms with Crippen LogP contribution >= 0.6 is 0 Å². The second-order valence-electron chi connectivity index (χ2n) is 19.0. The quantitative estimate of drug-likeness (QED) is 0.0173. The van der Waals surface area contributed by atoms with E-state index in [9.17, 15) is 43.3 Å². The first-order chi connectivity index (χ1) is 31.9. The highest BCUT2D eigenvalue weighted by Crippen LogP contribution is 2.26. The number of carbonyl (C=O) groups excluding carboxylic acids is 1. The molecule has 1 rings (SSSR count). The number of aliphatic hydroxyl groups is 5. The number of allylic oxidation sites excluding steroid dienone is 4. The number of rotatable bonds is 46. The molecule has 390 valence electrons. The number of amides is 1. The summed E-state index contributed by atoms with van der Waals surface area (Å²) < 4.78 is 47.7. The van der Waals surface area contributed by atoms with Gasteiger partial charge in [0.15, 0.2) is 6.29 Å². The molecule has 8 unspecified atom stereocenters. The molecule has 0 spiro atoms. The summed E-state index contributed by atoms with van der Waals surface area (Å²) in [6, 6.07) is -1.04. The van der Waals surface area contributed by atoms with Crippen molar-refractivity contribution in [2.24, 2.45) is 0 Å². The van der Waals surface area contributed by atoms with Crippen LogP contribution in [0.3, 0.4) is 0 Å². The van der Waals surface area contributed by atoms with Crippen molar-refractivity contribution >= 4 is 16.3 Å². The number of hydrogen-bond donors (Lipinski definition) is 7. The maximum Gasteiger partial charge on any atom is 0.397 e. The third kappa shape index (κ3) is 33.9. The Morgan fingerprint density at radius 2 is 1.02 bits per heavy atom. The largest absolute Gasteiger partial charge is 0.397 e. The lowest BCUT2D eigenvalue weighted by Crippen LogP contribution is -2.61. The fraction of sp³-hybridized carbons (Fsp3) is 0.904. The minimum absolute atomic E-state index is 0.249. The lowest BCUT2D eigenvalue weighted by atomic mass is 9.99. The molecule has 1 saturated heterocycles. The first-order valence-electron chi connectivity index (χ1n) is 26.8. The summed E-state index contributed by atoms with van der Waals surface area (Å²) in [6.07, 6.45) is 37.8. The maximum atomic E-state index is 13.2. The third-order valence-electron chi connectivity index (χ3n) is 12.9. The molecule has 14 heteroatoms. The number of carbonyl (C=O) groups is 1. The zero-order chi connectivity index (χ0) is 48.5. The summed E-state index contributed by atoms with van der Waals surface area (Å²) in [5.41, 5.74) is 0. The molecule has 0 aromatic heterocycles. The van der Waals surface area contributed by atoms with Crippen molar-refractivity contribution in [2.75, 3.05) is 13.2 Å². The average molecular weight is 962 g/mol. The Morgan fingerprint density at radius 3 is 1.47 bits per heavy atom. The lowest BCUT2D eigenvalue weighted by Gasteiger charge is -2.41. The second kappa shape index (κ2) is 42.4. The zero-order valence-electron chi connectivity index (χ0n) is 41.6. The van der Waals surface area contributed by atoms with E-state index in [4.69, 9.17) is 9.47 Å². The Morgan fingerprint density at radius 1 is 0.606 bits per heavy atom. The molecular formula is C52H99NO12S. The standard InChI is InChI=1S/C52H99NO12S/c1-3-5-7-9-11-13-15-17-19-21-22-23-24-25-27-28-30-32-34-36-38-40-45(55)44(43-63-52-49(58)50(65-66(60,61)62)48(57)47(42-54)64-52)53-51(59)46(56)41-39-37-35-33-31-29-26-20-18-16-14-12-10-8-6-4-2/h12,14,18,20,44-50,52,54-58H,3-11,13,15-17,19,21-43H2,1-2H3,(H,53,59)(H,60,61,62)/b14-12-,20-18-. The van der Waals surface area contributed by atoms with E-state index in [1.165, 1.54) is 128 Å². The first-order valence-corrected chi connectivity index (χ1v) is 28.2. The minimum Gasteiger partial charge on any atom is -0.394 e. The van der Waals surface area contributed by atoms with E-state index in [0.29, 0.717) is 19.3 Å². The monoisotopic (exact) mass is 962 g/mol. The summed E-state index contributed by atoms with van der Waals surface area (Å²) in [5, 5.41) is 55.6. The van der Waals surface area contributed by atoms with Gasteiger partial charge in [0, 0.05) is 0 Å². The highest BCUT2D eigenvalue weighted by Gasteiger charge is 2.48. The predicted molar refractivity (Wildman–Crippen MR) is 265 cm³/mol. The smallest absolute Gasteiger partial charge is 0.394 e. The molecule has 0 saturated carbocycles. The van der Waals surface area contributed by atoms with Gasteiger partial charge in [-0.2, -0.15) is 8.42 Å². The van der Waals surface area contributed by atoms with Gasteiger partial charge in [-0.15, -0.1) is 0 Å². The Balaban J connectivity index is 2.46. The Hall–Kier alpha value is -1.46. The van der Waals surface area contributed by atoms with Gasteiger partial charge in [0.2, 0.25) is 5.91 Å². The van der Waals surface area contributed by atoms with E-state index < -0.39 is 78.5 Å². The van der Waals surface area contributed by atoms with Crippen LogP contribution in [0, 0.1) is 0 Å². The molecular weight excluding hydrogens is 863 g/mol. The van der Waals surface area contributed by atoms with Crippen LogP contribution in [0.25, 0.3) is 0 Å². The number of hydrogen-bond acceptors (Lipinski definition) is 11. The zero-order valence-corrected chi connectivity index (χ0v) is 42.4. The van der Waals surface area contributed by atoms with Gasteiger partial charge in [0.1, 0.15) is 30.5 Å². The van der Waals surface area contributed by atoms with Gasteiger partial charge in [-0.25, -0.2) is 4.18 Å². The van der Waals surface area contributed by atoms with Crippen molar-refractivity contribution in [1.82, 2.24) is 5.32 Å². The van der Waals surface area contributed by atoms with Crippen molar-refractivity contribution in [3.63, 3.8) is 0 Å². The van der Waals surface area contributed by atoms with Crippen LogP contribution in [-0.4, -0.2) is 107 Å². The summed E-state index contributed by atoms with van der Waals surface area (Å²) >= 11 is 0. The van der Waals surface area contributed by atoms with Crippen LogP contribution in [0.1, 0.15) is 239 Å². The van der Waals surface area contributed by atoms with Crippen molar-refractivity contribution in [1.29, 1.82) is 0 Å². The molecule has 1 fully saturated rings. The van der Waals surface area contributed by atoms with Gasteiger partial charge >= 0.3 is 10.4 Å². The van der Waals surface area contributed by atoms with Crippen molar-refractivity contribution in [3.05, 3.63) is 24.3 Å². The van der Waals surface area contributed by atoms with Crippen molar-refractivity contribution < 1.29 is 57.0 Å². The number of aliphatic hydroxyl groups excluding tert-OH is 5. The van der Waals surface area contributed by atoms with E-state index in [1.54, 1.807) is 0 Å². The van der Waals surface area contributed by atoms with Gasteiger partial charge in [0.25, 0.3) is 0 Å². The maximum absolute atomic E-state index is 13.2. The summed E-state index contributed by atoms with van der Waals surface area (Å²) in [5.74, 6) is -0.676. The molecule has 0 radical (unpaired) electrons. The molecule has 0 aromatic carbocycles. The highest BCUT2D eigenvalue weighted by atomic mass is 32.3. The molecule has 13 nitrogen and oxygen atoms in total. The Labute approximate surface area is 402 Å². The molecule has 7 N–H and O–H groups in total. The predicted octanol–water partition coefficient (Wildman–Crippen LogP) is 10.6. The highest BCUT2D eigenvalue weighted by molar-refractivity contribution is 7.80. The molecule has 66 heavy (non-hydrogen) atoms. The number of ether oxygens (including phenoxy) is 2. The fourth-order valence-electron chi connectivity index (χ4n) is 8.61. The summed E-state index contributed by atoms with van der Waals surface area (Å²) in [6.45, 7) is 3.28. The van der Waals surface area contributed by atoms with Gasteiger partial charge in [-0.1, -0.05) is 218 Å². The molecule has 0 aromatic rings. The van der Waals surface area contributed by atoms with E-state index >= 15 is 0 Å². The molecule has 8 atom stereocenters. The first kappa shape index (κ1) is 62.6. The SMILES string of the molecule is CCCCC/C=C\C/C=C\CCCCCCCCC(O)C(=O)NC(COC1OC(CO)C(O)C(OS(=O)(=O)O)C1O)C(O)CCCCCCCCCCCCCCCCCCCCCCC. The number of unbranched alkanes of at least 4 members (excludes halogenated alkanes) is 29. The van der Waals surface area contributed by atoms with Gasteiger partial charge in [-0.05, 0) is 44.9 Å². The van der Waals surface area contributed by atoms with Gasteiger partial charge in [0.05, 0.1) is 25.4 Å². The van der Waals surface area contributed by atoms with Crippen LogP contribution in [0.2, 0.25) is 0 Å². The topological polar surface area (TPSA) is 212 Å². The van der Waals surface area contributed by atoms with E-state index in [1.807, 2.05) is 0 Å². The Kier molecular flexibility index (Phi) is 40.2. The van der Waals surface area contributed by atoms with Crippen LogP contribution in [0.4, 0.5) is 0 Å². The van der Waals surface area contributed by atoms with E-state index in [-0.39, 0.29) is 6.42 Å². The fourth-order valence-corrected chi connectivity index (χ4v) is 9.12. The van der Waals surface area contributed by atoms with E-state index in [2.05, 4.69) is 47.7 Å². The van der Waals surface area contributed by atoms with Crippen LogP contribution < -0.4 is 5.32 Å². The van der Waals surface area contributed by atoms with Crippen molar-refractivity contribution in [3.8, 4) is 0 Å². The molecule has 1 heterocycles. The van der Waals surface area contributed by atoms with E-state index in [0.717, 1.165) is 70.6 Å². The van der Waals surface area contributed by atoms with Crippen LogP contribution in [-0.2, 0) is 28.9 Å². The minimum atomic E-state index is -5.11. The van der Waals surface area contributed by atoms with Crippen LogP contribution in [0.15, 0.2) is 24.3 Å². The molecule has 1 aliphatic rings. The molecule has 1 amide bonds. The normalized spacial score (nSPS) is 20.6. The van der Waals surface area contributed by atoms with Crippen LogP contribution in [0.5, 0.6) is 0 Å². The lowest BCUT2D eigenvalue weighted by molar-refractivity contribution is -0.298. The molecule has 1 aliphatic heterocycles.